The number of nitrogens with two attached hydrogens (primary N) is 1. The van der Waals surface area contributed by atoms with E-state index in [1.165, 1.54) is 0 Å². The molecule has 1 amide bonds. The number of halogens is 1. The van der Waals surface area contributed by atoms with Gasteiger partial charge < -0.3 is 15.4 Å². The highest BCUT2D eigenvalue weighted by Gasteiger charge is 2.28. The Kier molecular flexibility index (Phi) is 5.20. The van der Waals surface area contributed by atoms with Gasteiger partial charge in [-0.15, -0.1) is 12.4 Å². The maximum absolute atomic E-state index is 12.4. The summed E-state index contributed by atoms with van der Waals surface area (Å²) in [5.74, 6) is 0.669. The summed E-state index contributed by atoms with van der Waals surface area (Å²) < 4.78 is 5.60. The van der Waals surface area contributed by atoms with Crippen LogP contribution in [0.15, 0.2) is 18.2 Å². The van der Waals surface area contributed by atoms with Gasteiger partial charge in [0, 0.05) is 6.04 Å². The summed E-state index contributed by atoms with van der Waals surface area (Å²) >= 11 is 0. The van der Waals surface area contributed by atoms with Crippen molar-refractivity contribution in [3.8, 4) is 5.75 Å². The number of benzene rings is 1. The quantitative estimate of drug-likeness (QED) is 0.905. The number of amides is 1. The third-order valence-corrected chi connectivity index (χ3v) is 3.42. The van der Waals surface area contributed by atoms with E-state index in [1.54, 1.807) is 4.90 Å². The lowest BCUT2D eigenvalue weighted by atomic mass is 10.0. The number of rotatable bonds is 2. The van der Waals surface area contributed by atoms with Gasteiger partial charge in [-0.05, 0) is 31.5 Å². The van der Waals surface area contributed by atoms with E-state index in [9.17, 15) is 4.79 Å². The molecule has 1 aliphatic rings. The molecule has 1 aromatic rings. The van der Waals surface area contributed by atoms with Gasteiger partial charge in [0.15, 0.2) is 0 Å². The zero-order chi connectivity index (χ0) is 13.3. The van der Waals surface area contributed by atoms with Crippen LogP contribution in [0, 0.1) is 12.8 Å². The predicted octanol–water partition coefficient (Wildman–Crippen LogP) is 2.13. The zero-order valence-electron chi connectivity index (χ0n) is 11.6. The molecule has 1 aliphatic heterocycles. The molecule has 2 unspecified atom stereocenters. The minimum Gasteiger partial charge on any atom is -0.490 e. The van der Waals surface area contributed by atoms with Crippen LogP contribution in [0.2, 0.25) is 0 Å². The second kappa shape index (κ2) is 6.26. The van der Waals surface area contributed by atoms with Crippen LogP contribution in [0.25, 0.3) is 0 Å². The molecular formula is C14H21ClN2O2. The summed E-state index contributed by atoms with van der Waals surface area (Å²) in [6, 6.07) is 5.75. The summed E-state index contributed by atoms with van der Waals surface area (Å²) in [4.78, 5) is 14.2. The average molecular weight is 285 g/mol. The monoisotopic (exact) mass is 284 g/mol. The molecular weight excluding hydrogens is 264 g/mol. The largest absolute Gasteiger partial charge is 0.490 e. The first-order chi connectivity index (χ1) is 8.50. The van der Waals surface area contributed by atoms with Crippen molar-refractivity contribution in [1.82, 2.24) is 0 Å². The molecule has 0 aliphatic carbocycles. The van der Waals surface area contributed by atoms with E-state index in [4.69, 9.17) is 10.5 Å². The van der Waals surface area contributed by atoms with Crippen molar-refractivity contribution in [2.45, 2.75) is 26.8 Å². The van der Waals surface area contributed by atoms with Gasteiger partial charge in [-0.3, -0.25) is 4.79 Å². The summed E-state index contributed by atoms with van der Waals surface area (Å²) in [5.41, 5.74) is 7.79. The van der Waals surface area contributed by atoms with Crippen molar-refractivity contribution in [3.63, 3.8) is 0 Å². The molecule has 0 aromatic heterocycles. The van der Waals surface area contributed by atoms with Gasteiger partial charge in [0.25, 0.3) is 0 Å². The lowest BCUT2D eigenvalue weighted by molar-refractivity contribution is -0.122. The average Bonchev–Trinajstić information content (AvgIpc) is 2.35. The van der Waals surface area contributed by atoms with E-state index in [-0.39, 0.29) is 30.3 Å². The fourth-order valence-corrected chi connectivity index (χ4v) is 2.03. The Hall–Kier alpha value is -1.26. The second-order valence-corrected chi connectivity index (χ2v) is 4.96. The molecule has 2 N–H and O–H groups in total. The van der Waals surface area contributed by atoms with E-state index in [0.29, 0.717) is 13.2 Å². The Morgan fingerprint density at radius 1 is 1.42 bits per heavy atom. The molecule has 0 bridgehead atoms. The first kappa shape index (κ1) is 15.8. The lowest BCUT2D eigenvalue weighted by Gasteiger charge is -2.32. The van der Waals surface area contributed by atoms with E-state index >= 15 is 0 Å². The highest BCUT2D eigenvalue weighted by molar-refractivity contribution is 5.97. The van der Waals surface area contributed by atoms with Crippen LogP contribution in [0.1, 0.15) is 19.4 Å². The molecule has 0 fully saturated rings. The Bertz CT molecular complexity index is 463. The van der Waals surface area contributed by atoms with Crippen LogP contribution in [-0.4, -0.2) is 25.1 Å². The molecule has 5 heteroatoms. The highest BCUT2D eigenvalue weighted by atomic mass is 35.5. The van der Waals surface area contributed by atoms with Gasteiger partial charge in [0.05, 0.1) is 18.2 Å². The van der Waals surface area contributed by atoms with Crippen LogP contribution >= 0.6 is 12.4 Å². The van der Waals surface area contributed by atoms with Gasteiger partial charge >= 0.3 is 0 Å². The lowest BCUT2D eigenvalue weighted by Crippen LogP contribution is -2.45. The summed E-state index contributed by atoms with van der Waals surface area (Å²) in [5, 5.41) is 0. The molecule has 2 atom stereocenters. The van der Waals surface area contributed by atoms with E-state index in [0.717, 1.165) is 17.0 Å². The molecule has 0 radical (unpaired) electrons. The van der Waals surface area contributed by atoms with Crippen LogP contribution in [0.4, 0.5) is 5.69 Å². The molecule has 1 heterocycles. The van der Waals surface area contributed by atoms with E-state index in [1.807, 2.05) is 39.0 Å². The summed E-state index contributed by atoms with van der Waals surface area (Å²) in [6.45, 7) is 6.87. The molecule has 0 saturated carbocycles. The molecule has 0 saturated heterocycles. The van der Waals surface area contributed by atoms with Crippen LogP contribution in [0.5, 0.6) is 5.75 Å². The highest BCUT2D eigenvalue weighted by Crippen LogP contribution is 2.33. The fourth-order valence-electron chi connectivity index (χ4n) is 2.03. The van der Waals surface area contributed by atoms with Gasteiger partial charge in [0.1, 0.15) is 12.4 Å². The predicted molar refractivity (Wildman–Crippen MR) is 79.1 cm³/mol. The zero-order valence-corrected chi connectivity index (χ0v) is 12.4. The maximum atomic E-state index is 12.4. The maximum Gasteiger partial charge on any atom is 0.231 e. The Morgan fingerprint density at radius 2 is 2.11 bits per heavy atom. The number of anilines is 1. The molecule has 1 aromatic carbocycles. The van der Waals surface area contributed by atoms with Gasteiger partial charge in [-0.1, -0.05) is 13.0 Å². The molecule has 19 heavy (non-hydrogen) atoms. The third-order valence-electron chi connectivity index (χ3n) is 3.42. The SMILES string of the molecule is Cc1ccc2c(c1)OCCN2C(=O)C(C)C(C)N.Cl. The molecule has 0 spiro atoms. The molecule has 2 rings (SSSR count). The molecule has 4 nitrogen and oxygen atoms in total. The van der Waals surface area contributed by atoms with Crippen molar-refractivity contribution >= 4 is 24.0 Å². The normalized spacial score (nSPS) is 16.7. The van der Waals surface area contributed by atoms with Crippen LogP contribution in [-0.2, 0) is 4.79 Å². The first-order valence-corrected chi connectivity index (χ1v) is 6.31. The number of nitrogens with zero attached hydrogens (tertiary/aromatic N) is 1. The number of hydrogen-bond acceptors (Lipinski definition) is 3. The number of aryl methyl sites for hydroxylation is 1. The number of fused-ring (bicyclic) bond motifs is 1. The summed E-state index contributed by atoms with van der Waals surface area (Å²) in [6.07, 6.45) is 0. The number of carbonyl (C=O) groups excluding carboxylic acids is 1. The first-order valence-electron chi connectivity index (χ1n) is 6.31. The van der Waals surface area contributed by atoms with Gasteiger partial charge in [-0.2, -0.15) is 0 Å². The van der Waals surface area contributed by atoms with Crippen molar-refractivity contribution in [2.75, 3.05) is 18.1 Å². The third kappa shape index (κ3) is 3.19. The standard InChI is InChI=1S/C14H20N2O2.ClH/c1-9-4-5-12-13(8-9)18-7-6-16(12)14(17)10(2)11(3)15;/h4-5,8,10-11H,6-7,15H2,1-3H3;1H. The van der Waals surface area contributed by atoms with Crippen molar-refractivity contribution in [1.29, 1.82) is 0 Å². The van der Waals surface area contributed by atoms with Crippen molar-refractivity contribution in [3.05, 3.63) is 23.8 Å². The number of hydrogen-bond donors (Lipinski definition) is 1. The van der Waals surface area contributed by atoms with Gasteiger partial charge in [-0.25, -0.2) is 0 Å². The molecule has 106 valence electrons. The second-order valence-electron chi connectivity index (χ2n) is 4.96. The number of carbonyl (C=O) groups is 1. The van der Waals surface area contributed by atoms with Crippen molar-refractivity contribution < 1.29 is 9.53 Å². The smallest absolute Gasteiger partial charge is 0.231 e. The van der Waals surface area contributed by atoms with Crippen molar-refractivity contribution in [2.24, 2.45) is 11.7 Å². The minimum atomic E-state index is -0.183. The van der Waals surface area contributed by atoms with E-state index < -0.39 is 0 Å². The Morgan fingerprint density at radius 3 is 2.74 bits per heavy atom. The van der Waals surface area contributed by atoms with Crippen LogP contribution < -0.4 is 15.4 Å². The Balaban J connectivity index is 0.00000180. The van der Waals surface area contributed by atoms with Gasteiger partial charge in [0.2, 0.25) is 5.91 Å². The Labute approximate surface area is 120 Å². The fraction of sp³-hybridized carbons (Fsp3) is 0.500. The summed E-state index contributed by atoms with van der Waals surface area (Å²) in [7, 11) is 0. The minimum absolute atomic E-state index is 0. The van der Waals surface area contributed by atoms with Crippen LogP contribution in [0.3, 0.4) is 0 Å². The van der Waals surface area contributed by atoms with E-state index in [2.05, 4.69) is 0 Å². The topological polar surface area (TPSA) is 55.6 Å². The number of ether oxygens (including phenoxy) is 1.